The molecule has 1 atom stereocenters. The van der Waals surface area contributed by atoms with E-state index in [-0.39, 0.29) is 11.9 Å². The van der Waals surface area contributed by atoms with Crippen LogP contribution in [0.3, 0.4) is 0 Å². The summed E-state index contributed by atoms with van der Waals surface area (Å²) in [5, 5.41) is 0.681. The lowest BCUT2D eigenvalue weighted by Gasteiger charge is -2.31. The number of ether oxygens (including phenoxy) is 1. The largest absolute Gasteiger partial charge is 0.466 e. The van der Waals surface area contributed by atoms with E-state index >= 15 is 0 Å². The van der Waals surface area contributed by atoms with E-state index in [0.29, 0.717) is 29.6 Å². The number of esters is 1. The minimum atomic E-state index is -0.0905. The third-order valence-corrected chi connectivity index (χ3v) is 5.08. The summed E-state index contributed by atoms with van der Waals surface area (Å²) in [5.41, 5.74) is 0.944. The van der Waals surface area contributed by atoms with Crippen molar-refractivity contribution in [2.45, 2.75) is 26.4 Å². The summed E-state index contributed by atoms with van der Waals surface area (Å²) >= 11 is 11.7. The average Bonchev–Trinajstić information content (AvgIpc) is 2.96. The van der Waals surface area contributed by atoms with Gasteiger partial charge in [-0.25, -0.2) is 0 Å². The van der Waals surface area contributed by atoms with Gasteiger partial charge in [-0.15, -0.1) is 0 Å². The lowest BCUT2D eigenvalue weighted by Crippen LogP contribution is -2.40. The Morgan fingerprint density at radius 2 is 2.24 bits per heavy atom. The highest BCUT2D eigenvalue weighted by Gasteiger charge is 2.26. The van der Waals surface area contributed by atoms with Gasteiger partial charge in [-0.05, 0) is 56.7 Å². The van der Waals surface area contributed by atoms with Gasteiger partial charge in [0, 0.05) is 29.6 Å². The van der Waals surface area contributed by atoms with Gasteiger partial charge in [-0.3, -0.25) is 14.3 Å². The number of halogens is 1. The number of likely N-dealkylation sites (tertiary alicyclic amines) is 1. The summed E-state index contributed by atoms with van der Waals surface area (Å²) in [6.07, 6.45) is 5.80. The number of aromatic nitrogens is 2. The Hall–Kier alpha value is -1.63. The van der Waals surface area contributed by atoms with Crippen LogP contribution in [0.25, 0.3) is 5.69 Å². The van der Waals surface area contributed by atoms with Crippen molar-refractivity contribution in [2.75, 3.05) is 19.7 Å². The fraction of sp³-hybridized carbons (Fsp3) is 0.444. The van der Waals surface area contributed by atoms with Crippen molar-refractivity contribution in [3.05, 3.63) is 46.5 Å². The third-order valence-electron chi connectivity index (χ3n) is 4.41. The molecular weight excluding hydrogens is 358 g/mol. The number of hydrogen-bond donors (Lipinski definition) is 0. The minimum Gasteiger partial charge on any atom is -0.466 e. The standard InChI is InChI=1S/C18H22ClN3O2S/c1-2-24-17(23)14-5-4-8-20(12-14)13-21-9-10-22(18(21)25)16-7-3-6-15(19)11-16/h3,6-7,9-11,14H,2,4-5,8,12-13H2,1H3/t14-/m0/s1. The predicted octanol–water partition coefficient (Wildman–Crippen LogP) is 3.89. The van der Waals surface area contributed by atoms with E-state index in [1.54, 1.807) is 0 Å². The van der Waals surface area contributed by atoms with Crippen LogP contribution in [0.5, 0.6) is 0 Å². The van der Waals surface area contributed by atoms with Crippen LogP contribution < -0.4 is 0 Å². The quantitative estimate of drug-likeness (QED) is 0.583. The number of carbonyl (C=O) groups is 1. The topological polar surface area (TPSA) is 39.4 Å². The van der Waals surface area contributed by atoms with Crippen LogP contribution >= 0.6 is 23.8 Å². The molecule has 0 aliphatic carbocycles. The Bertz CT molecular complexity index is 802. The van der Waals surface area contributed by atoms with Crippen molar-refractivity contribution < 1.29 is 9.53 Å². The van der Waals surface area contributed by atoms with Gasteiger partial charge in [0.1, 0.15) is 0 Å². The fourth-order valence-electron chi connectivity index (χ4n) is 3.20. The van der Waals surface area contributed by atoms with Gasteiger partial charge >= 0.3 is 5.97 Å². The molecule has 1 aliphatic rings. The van der Waals surface area contributed by atoms with Gasteiger partial charge in [-0.2, -0.15) is 0 Å². The van der Waals surface area contributed by atoms with Crippen LogP contribution in [0.15, 0.2) is 36.7 Å². The van der Waals surface area contributed by atoms with Crippen molar-refractivity contribution in [2.24, 2.45) is 5.92 Å². The van der Waals surface area contributed by atoms with E-state index in [1.165, 1.54) is 0 Å². The van der Waals surface area contributed by atoms with E-state index < -0.39 is 0 Å². The first-order chi connectivity index (χ1) is 12.1. The van der Waals surface area contributed by atoms with E-state index in [2.05, 4.69) is 4.90 Å². The smallest absolute Gasteiger partial charge is 0.310 e. The van der Waals surface area contributed by atoms with E-state index in [4.69, 9.17) is 28.6 Å². The van der Waals surface area contributed by atoms with Crippen molar-refractivity contribution in [3.8, 4) is 5.69 Å². The lowest BCUT2D eigenvalue weighted by atomic mass is 9.99. The van der Waals surface area contributed by atoms with Crippen molar-refractivity contribution in [3.63, 3.8) is 0 Å². The molecule has 0 radical (unpaired) electrons. The van der Waals surface area contributed by atoms with Crippen LogP contribution in [-0.2, 0) is 16.2 Å². The maximum absolute atomic E-state index is 12.0. The first-order valence-corrected chi connectivity index (χ1v) is 9.30. The molecule has 0 saturated carbocycles. The fourth-order valence-corrected chi connectivity index (χ4v) is 3.66. The first-order valence-electron chi connectivity index (χ1n) is 8.51. The van der Waals surface area contributed by atoms with E-state index in [1.807, 2.05) is 52.7 Å². The van der Waals surface area contributed by atoms with Gasteiger partial charge in [0.15, 0.2) is 4.77 Å². The van der Waals surface area contributed by atoms with Crippen LogP contribution in [-0.4, -0.2) is 39.7 Å². The second-order valence-corrected chi connectivity index (χ2v) is 7.01. The molecule has 0 amide bonds. The summed E-state index contributed by atoms with van der Waals surface area (Å²) in [6.45, 7) is 4.62. The highest BCUT2D eigenvalue weighted by atomic mass is 35.5. The maximum atomic E-state index is 12.0. The number of nitrogens with zero attached hydrogens (tertiary/aromatic N) is 3. The molecule has 0 bridgehead atoms. The zero-order valence-corrected chi connectivity index (χ0v) is 15.8. The Labute approximate surface area is 157 Å². The highest BCUT2D eigenvalue weighted by Crippen LogP contribution is 2.20. The molecule has 25 heavy (non-hydrogen) atoms. The molecule has 1 aromatic heterocycles. The summed E-state index contributed by atoms with van der Waals surface area (Å²) in [7, 11) is 0. The van der Waals surface area contributed by atoms with Crippen LogP contribution in [0.1, 0.15) is 19.8 Å². The molecule has 0 spiro atoms. The molecule has 0 N–H and O–H groups in total. The molecule has 1 aromatic carbocycles. The van der Waals surface area contributed by atoms with Gasteiger partial charge < -0.3 is 9.30 Å². The van der Waals surface area contributed by atoms with Gasteiger partial charge in [-0.1, -0.05) is 17.7 Å². The molecular formula is C18H22ClN3O2S. The second kappa shape index (κ2) is 8.17. The molecule has 1 fully saturated rings. The Balaban J connectivity index is 1.71. The Morgan fingerprint density at radius 3 is 3.00 bits per heavy atom. The normalized spacial score (nSPS) is 18.2. The summed E-state index contributed by atoms with van der Waals surface area (Å²) in [4.78, 5) is 14.2. The number of hydrogen-bond acceptors (Lipinski definition) is 4. The SMILES string of the molecule is CCOC(=O)[C@H]1CCCN(Cn2ccn(-c3cccc(Cl)c3)c2=S)C1. The summed E-state index contributed by atoms with van der Waals surface area (Å²) in [5.74, 6) is -0.134. The van der Waals surface area contributed by atoms with Gasteiger partial charge in [0.05, 0.1) is 19.2 Å². The highest BCUT2D eigenvalue weighted by molar-refractivity contribution is 7.71. The zero-order valence-electron chi connectivity index (χ0n) is 14.2. The van der Waals surface area contributed by atoms with Crippen molar-refractivity contribution in [1.29, 1.82) is 0 Å². The number of imidazole rings is 1. The first kappa shape index (κ1) is 18.2. The molecule has 7 heteroatoms. The Kier molecular flexibility index (Phi) is 5.93. The second-order valence-electron chi connectivity index (χ2n) is 6.21. The zero-order chi connectivity index (χ0) is 17.8. The van der Waals surface area contributed by atoms with Crippen LogP contribution in [0.2, 0.25) is 5.02 Å². The third kappa shape index (κ3) is 4.32. The van der Waals surface area contributed by atoms with Crippen molar-refractivity contribution in [1.82, 2.24) is 14.0 Å². The van der Waals surface area contributed by atoms with E-state index in [0.717, 1.165) is 25.1 Å². The average molecular weight is 380 g/mol. The summed E-state index contributed by atoms with van der Waals surface area (Å²) < 4.78 is 9.83. The monoisotopic (exact) mass is 379 g/mol. The minimum absolute atomic E-state index is 0.0436. The molecule has 1 aliphatic heterocycles. The van der Waals surface area contributed by atoms with Gasteiger partial charge in [0.2, 0.25) is 0 Å². The van der Waals surface area contributed by atoms with Gasteiger partial charge in [0.25, 0.3) is 0 Å². The molecule has 3 rings (SSSR count). The Morgan fingerprint density at radius 1 is 1.40 bits per heavy atom. The number of rotatable bonds is 5. The van der Waals surface area contributed by atoms with E-state index in [9.17, 15) is 4.79 Å². The van der Waals surface area contributed by atoms with Crippen molar-refractivity contribution >= 4 is 29.8 Å². The predicted molar refractivity (Wildman–Crippen MR) is 101 cm³/mol. The lowest BCUT2D eigenvalue weighted by molar-refractivity contribution is -0.150. The number of piperidine rings is 1. The molecule has 134 valence electrons. The molecule has 1 saturated heterocycles. The number of carbonyl (C=O) groups excluding carboxylic acids is 1. The van der Waals surface area contributed by atoms with Crippen LogP contribution in [0.4, 0.5) is 0 Å². The summed E-state index contributed by atoms with van der Waals surface area (Å²) in [6, 6.07) is 7.61. The van der Waals surface area contributed by atoms with Crippen LogP contribution in [0, 0.1) is 10.7 Å². The molecule has 2 heterocycles. The number of benzene rings is 1. The molecule has 0 unspecified atom stereocenters. The molecule has 5 nitrogen and oxygen atoms in total. The maximum Gasteiger partial charge on any atom is 0.310 e. The molecule has 2 aromatic rings.